The highest BCUT2D eigenvalue weighted by molar-refractivity contribution is 6.37. The number of para-hydroxylation sites is 1. The van der Waals surface area contributed by atoms with E-state index in [9.17, 15) is 9.59 Å². The van der Waals surface area contributed by atoms with E-state index in [4.69, 9.17) is 5.11 Å². The number of aromatic nitrogens is 1. The first kappa shape index (κ1) is 13.2. The Hall–Kier alpha value is -2.76. The number of carboxylic acid groups (broad SMARTS) is 1. The average molecular weight is 283 g/mol. The minimum Gasteiger partial charge on any atom is -0.477 e. The van der Waals surface area contributed by atoms with Crippen molar-refractivity contribution in [2.45, 2.75) is 19.8 Å². The molecule has 2 aromatic rings. The van der Waals surface area contributed by atoms with Gasteiger partial charge in [-0.3, -0.25) is 4.79 Å². The number of benzene rings is 1. The predicted molar refractivity (Wildman–Crippen MR) is 78.3 cm³/mol. The normalized spacial score (nSPS) is 15.2. The zero-order valence-electron chi connectivity index (χ0n) is 11.4. The van der Waals surface area contributed by atoms with Crippen LogP contribution in [-0.2, 0) is 9.59 Å². The lowest BCUT2D eigenvalue weighted by Crippen LogP contribution is -2.34. The SMILES string of the molecule is Cc1cc(N2N=C(C(=O)O)CCC2=O)nc2ccccc12. The number of hydrogen-bond acceptors (Lipinski definition) is 4. The van der Waals surface area contributed by atoms with E-state index in [-0.39, 0.29) is 24.5 Å². The van der Waals surface area contributed by atoms with Crippen molar-refractivity contribution in [3.63, 3.8) is 0 Å². The number of carbonyl (C=O) groups excluding carboxylic acids is 1. The number of amides is 1. The van der Waals surface area contributed by atoms with Crippen molar-refractivity contribution >= 4 is 34.3 Å². The number of nitrogens with zero attached hydrogens (tertiary/aromatic N) is 3. The summed E-state index contributed by atoms with van der Waals surface area (Å²) >= 11 is 0. The molecule has 0 fully saturated rings. The molecule has 3 rings (SSSR count). The molecule has 106 valence electrons. The fourth-order valence-electron chi connectivity index (χ4n) is 2.33. The Bertz CT molecular complexity index is 783. The molecule has 1 aliphatic heterocycles. The summed E-state index contributed by atoms with van der Waals surface area (Å²) in [6.45, 7) is 1.92. The largest absolute Gasteiger partial charge is 0.477 e. The van der Waals surface area contributed by atoms with E-state index >= 15 is 0 Å². The molecule has 1 amide bonds. The fraction of sp³-hybridized carbons (Fsp3) is 0.200. The minimum atomic E-state index is -1.11. The predicted octanol–water partition coefficient (Wildman–Crippen LogP) is 2.11. The molecule has 1 aromatic carbocycles. The number of pyridine rings is 1. The molecule has 2 heterocycles. The molecule has 0 bridgehead atoms. The minimum absolute atomic E-state index is 0.0257. The molecule has 0 atom stereocenters. The van der Waals surface area contributed by atoms with Gasteiger partial charge in [-0.25, -0.2) is 9.78 Å². The summed E-state index contributed by atoms with van der Waals surface area (Å²) in [5.74, 6) is -0.998. The number of carboxylic acids is 1. The van der Waals surface area contributed by atoms with Gasteiger partial charge in [-0.15, -0.1) is 0 Å². The third kappa shape index (κ3) is 2.35. The highest BCUT2D eigenvalue weighted by Gasteiger charge is 2.26. The van der Waals surface area contributed by atoms with E-state index < -0.39 is 5.97 Å². The number of hydrogen-bond donors (Lipinski definition) is 1. The maximum absolute atomic E-state index is 12.0. The molecule has 0 radical (unpaired) electrons. The molecule has 0 aliphatic carbocycles. The van der Waals surface area contributed by atoms with Gasteiger partial charge in [-0.2, -0.15) is 10.1 Å². The Labute approximate surface area is 120 Å². The van der Waals surface area contributed by atoms with Gasteiger partial charge in [0.2, 0.25) is 5.91 Å². The summed E-state index contributed by atoms with van der Waals surface area (Å²) in [5.41, 5.74) is 1.68. The molecule has 0 saturated carbocycles. The first-order valence-corrected chi connectivity index (χ1v) is 6.56. The summed E-state index contributed by atoms with van der Waals surface area (Å²) in [7, 11) is 0. The Morgan fingerprint density at radius 3 is 2.81 bits per heavy atom. The van der Waals surface area contributed by atoms with Gasteiger partial charge < -0.3 is 5.11 Å². The number of hydrazone groups is 1. The molecule has 1 aliphatic rings. The monoisotopic (exact) mass is 283 g/mol. The van der Waals surface area contributed by atoms with Crippen molar-refractivity contribution in [3.8, 4) is 0 Å². The van der Waals surface area contributed by atoms with Gasteiger partial charge in [0.25, 0.3) is 0 Å². The van der Waals surface area contributed by atoms with Gasteiger partial charge in [0.1, 0.15) is 5.71 Å². The molecule has 6 heteroatoms. The third-order valence-corrected chi connectivity index (χ3v) is 3.41. The van der Waals surface area contributed by atoms with Gasteiger partial charge in [-0.05, 0) is 24.6 Å². The third-order valence-electron chi connectivity index (χ3n) is 3.41. The number of anilines is 1. The van der Waals surface area contributed by atoms with Crippen LogP contribution in [0.4, 0.5) is 5.82 Å². The molecular weight excluding hydrogens is 270 g/mol. The molecular formula is C15H13N3O3. The molecule has 21 heavy (non-hydrogen) atoms. The van der Waals surface area contributed by atoms with Crippen LogP contribution in [0.1, 0.15) is 18.4 Å². The van der Waals surface area contributed by atoms with Gasteiger partial charge in [0.15, 0.2) is 5.82 Å². The zero-order chi connectivity index (χ0) is 15.0. The smallest absolute Gasteiger partial charge is 0.352 e. The second-order valence-corrected chi connectivity index (χ2v) is 4.87. The van der Waals surface area contributed by atoms with E-state index in [1.54, 1.807) is 6.07 Å². The van der Waals surface area contributed by atoms with E-state index in [0.717, 1.165) is 21.5 Å². The highest BCUT2D eigenvalue weighted by Crippen LogP contribution is 2.24. The van der Waals surface area contributed by atoms with Crippen LogP contribution in [0.5, 0.6) is 0 Å². The van der Waals surface area contributed by atoms with Gasteiger partial charge in [0.05, 0.1) is 5.52 Å². The number of fused-ring (bicyclic) bond motifs is 1. The van der Waals surface area contributed by atoms with Crippen molar-refractivity contribution in [1.29, 1.82) is 0 Å². The van der Waals surface area contributed by atoms with Crippen molar-refractivity contribution in [2.24, 2.45) is 5.10 Å². The van der Waals surface area contributed by atoms with Crippen molar-refractivity contribution in [2.75, 3.05) is 5.01 Å². The summed E-state index contributed by atoms with van der Waals surface area (Å²) in [6, 6.07) is 9.33. The molecule has 0 saturated heterocycles. The number of aryl methyl sites for hydroxylation is 1. The van der Waals surface area contributed by atoms with Crippen LogP contribution in [0.2, 0.25) is 0 Å². The van der Waals surface area contributed by atoms with Crippen LogP contribution in [-0.4, -0.2) is 27.7 Å². The summed E-state index contributed by atoms with van der Waals surface area (Å²) in [5, 5.41) is 15.0. The van der Waals surface area contributed by atoms with E-state index in [2.05, 4.69) is 10.1 Å². The second kappa shape index (κ2) is 4.97. The topological polar surface area (TPSA) is 82.9 Å². The van der Waals surface area contributed by atoms with Crippen LogP contribution in [0.15, 0.2) is 35.4 Å². The number of aliphatic carboxylic acids is 1. The van der Waals surface area contributed by atoms with E-state index in [1.807, 2.05) is 31.2 Å². The maximum atomic E-state index is 12.0. The summed E-state index contributed by atoms with van der Waals surface area (Å²) in [6.07, 6.45) is 0.274. The van der Waals surface area contributed by atoms with E-state index in [0.29, 0.717) is 5.82 Å². The quantitative estimate of drug-likeness (QED) is 0.915. The Morgan fingerprint density at radius 2 is 2.05 bits per heavy atom. The number of rotatable bonds is 2. The van der Waals surface area contributed by atoms with Crippen LogP contribution < -0.4 is 5.01 Å². The van der Waals surface area contributed by atoms with Crippen LogP contribution in [0.3, 0.4) is 0 Å². The molecule has 1 aromatic heterocycles. The maximum Gasteiger partial charge on any atom is 0.352 e. The van der Waals surface area contributed by atoms with Crippen LogP contribution >= 0.6 is 0 Å². The standard InChI is InChI=1S/C15H13N3O3/c1-9-8-13(16-11-5-3-2-4-10(9)11)18-14(19)7-6-12(17-18)15(20)21/h2-5,8H,6-7H2,1H3,(H,20,21). The van der Waals surface area contributed by atoms with Gasteiger partial charge in [0, 0.05) is 18.2 Å². The van der Waals surface area contributed by atoms with Crippen LogP contribution in [0.25, 0.3) is 10.9 Å². The van der Waals surface area contributed by atoms with E-state index in [1.165, 1.54) is 0 Å². The lowest BCUT2D eigenvalue weighted by molar-refractivity contribution is -0.129. The summed E-state index contributed by atoms with van der Waals surface area (Å²) in [4.78, 5) is 27.4. The lowest BCUT2D eigenvalue weighted by atomic mass is 10.1. The molecule has 0 spiro atoms. The highest BCUT2D eigenvalue weighted by atomic mass is 16.4. The molecule has 1 N–H and O–H groups in total. The number of carbonyl (C=O) groups is 2. The fourth-order valence-corrected chi connectivity index (χ4v) is 2.33. The summed E-state index contributed by atoms with van der Waals surface area (Å²) < 4.78 is 0. The Balaban J connectivity index is 2.12. The van der Waals surface area contributed by atoms with Crippen molar-refractivity contribution in [3.05, 3.63) is 35.9 Å². The average Bonchev–Trinajstić information content (AvgIpc) is 2.47. The van der Waals surface area contributed by atoms with Crippen molar-refractivity contribution in [1.82, 2.24) is 4.98 Å². The van der Waals surface area contributed by atoms with Gasteiger partial charge >= 0.3 is 5.97 Å². The van der Waals surface area contributed by atoms with Crippen LogP contribution in [0, 0.1) is 6.92 Å². The first-order chi connectivity index (χ1) is 10.1. The Kier molecular flexibility index (Phi) is 3.13. The molecule has 6 nitrogen and oxygen atoms in total. The lowest BCUT2D eigenvalue weighted by Gasteiger charge is -2.21. The second-order valence-electron chi connectivity index (χ2n) is 4.87. The Morgan fingerprint density at radius 1 is 1.29 bits per heavy atom. The first-order valence-electron chi connectivity index (χ1n) is 6.56. The van der Waals surface area contributed by atoms with Gasteiger partial charge in [-0.1, -0.05) is 18.2 Å². The zero-order valence-corrected chi connectivity index (χ0v) is 11.4. The van der Waals surface area contributed by atoms with Crippen molar-refractivity contribution < 1.29 is 14.7 Å². The molecule has 0 unspecified atom stereocenters.